The van der Waals surface area contributed by atoms with Gasteiger partial charge < -0.3 is 5.32 Å². The lowest BCUT2D eigenvalue weighted by Crippen LogP contribution is -2.38. The van der Waals surface area contributed by atoms with Gasteiger partial charge in [-0.15, -0.1) is 0 Å². The number of rotatable bonds is 6. The molecule has 1 fully saturated rings. The van der Waals surface area contributed by atoms with Crippen molar-refractivity contribution in [2.45, 2.75) is 25.4 Å². The fraction of sp³-hybridized carbons (Fsp3) is 0.444. The molecule has 0 spiro atoms. The molecular formula is C18H24N4OS. The van der Waals surface area contributed by atoms with Crippen LogP contribution in [0.15, 0.2) is 42.6 Å². The number of carbonyl (C=O) groups is 1. The monoisotopic (exact) mass is 344 g/mol. The van der Waals surface area contributed by atoms with Crippen molar-refractivity contribution >= 4 is 23.5 Å². The third-order valence-electron chi connectivity index (χ3n) is 4.48. The Morgan fingerprint density at radius 1 is 1.42 bits per heavy atom. The van der Waals surface area contributed by atoms with Gasteiger partial charge in [-0.05, 0) is 31.7 Å². The molecule has 0 radical (unpaired) electrons. The first-order valence-electron chi connectivity index (χ1n) is 8.31. The van der Waals surface area contributed by atoms with Gasteiger partial charge in [0.2, 0.25) is 5.91 Å². The summed E-state index contributed by atoms with van der Waals surface area (Å²) in [6, 6.07) is 12.7. The van der Waals surface area contributed by atoms with Crippen molar-refractivity contribution in [3.63, 3.8) is 0 Å². The second-order valence-corrected chi connectivity index (χ2v) is 7.40. The van der Waals surface area contributed by atoms with E-state index in [0.29, 0.717) is 18.4 Å². The number of anilines is 1. The summed E-state index contributed by atoms with van der Waals surface area (Å²) in [5.74, 6) is 2.91. The number of nitrogens with one attached hydrogen (secondary N) is 1. The van der Waals surface area contributed by atoms with Crippen molar-refractivity contribution in [2.75, 3.05) is 30.4 Å². The molecule has 1 N–H and O–H groups in total. The average Bonchev–Trinajstić information content (AvgIpc) is 3.26. The first-order valence-corrected chi connectivity index (χ1v) is 9.47. The van der Waals surface area contributed by atoms with E-state index < -0.39 is 0 Å². The van der Waals surface area contributed by atoms with Crippen molar-refractivity contribution in [3.05, 3.63) is 48.2 Å². The number of aromatic nitrogens is 2. The molecular weight excluding hydrogens is 320 g/mol. The topological polar surface area (TPSA) is 50.2 Å². The molecule has 1 amide bonds. The highest BCUT2D eigenvalue weighted by atomic mass is 32.2. The van der Waals surface area contributed by atoms with Gasteiger partial charge in [-0.2, -0.15) is 16.9 Å². The van der Waals surface area contributed by atoms with Crippen molar-refractivity contribution in [1.82, 2.24) is 14.7 Å². The highest BCUT2D eigenvalue weighted by Gasteiger charge is 2.21. The Morgan fingerprint density at radius 2 is 2.21 bits per heavy atom. The number of nitrogens with zero attached hydrogens (tertiary/aromatic N) is 3. The third kappa shape index (κ3) is 4.19. The van der Waals surface area contributed by atoms with Crippen LogP contribution in [0.3, 0.4) is 0 Å². The van der Waals surface area contributed by atoms with E-state index in [1.165, 1.54) is 11.3 Å². The summed E-state index contributed by atoms with van der Waals surface area (Å²) in [4.78, 5) is 14.4. The molecule has 3 rings (SSSR count). The molecule has 0 bridgehead atoms. The van der Waals surface area contributed by atoms with Crippen LogP contribution in [0.4, 0.5) is 5.82 Å². The predicted octanol–water partition coefficient (Wildman–Crippen LogP) is 2.87. The van der Waals surface area contributed by atoms with Crippen molar-refractivity contribution in [1.29, 1.82) is 0 Å². The lowest BCUT2D eigenvalue weighted by Gasteiger charge is -2.22. The Labute approximate surface area is 147 Å². The molecule has 1 aliphatic rings. The average molecular weight is 344 g/mol. The molecule has 5 nitrogen and oxygen atoms in total. The van der Waals surface area contributed by atoms with E-state index in [-0.39, 0.29) is 11.9 Å². The molecule has 2 unspecified atom stereocenters. The molecule has 2 atom stereocenters. The largest absolute Gasteiger partial charge is 0.308 e. The Balaban J connectivity index is 1.56. The van der Waals surface area contributed by atoms with Crippen LogP contribution >= 0.6 is 11.8 Å². The first kappa shape index (κ1) is 17.0. The Hall–Kier alpha value is -1.79. The molecule has 1 aromatic heterocycles. The Bertz CT molecular complexity index is 667. The summed E-state index contributed by atoms with van der Waals surface area (Å²) < 4.78 is 1.88. The van der Waals surface area contributed by atoms with E-state index in [0.717, 1.165) is 12.2 Å². The van der Waals surface area contributed by atoms with E-state index in [1.807, 2.05) is 54.0 Å². The summed E-state index contributed by atoms with van der Waals surface area (Å²) in [7, 11) is 2.02. The van der Waals surface area contributed by atoms with E-state index in [9.17, 15) is 4.79 Å². The van der Waals surface area contributed by atoms with E-state index >= 15 is 0 Å². The third-order valence-corrected chi connectivity index (χ3v) is 5.62. The van der Waals surface area contributed by atoms with Gasteiger partial charge in [0.05, 0.1) is 12.6 Å². The minimum Gasteiger partial charge on any atom is -0.308 e. The molecule has 2 heterocycles. The summed E-state index contributed by atoms with van der Waals surface area (Å²) in [5.41, 5.74) is 1.19. The number of carbonyl (C=O) groups excluding carboxylic acids is 1. The van der Waals surface area contributed by atoms with Crippen LogP contribution in [0.2, 0.25) is 0 Å². The zero-order valence-electron chi connectivity index (χ0n) is 14.2. The zero-order valence-corrected chi connectivity index (χ0v) is 15.0. The lowest BCUT2D eigenvalue weighted by molar-refractivity contribution is -0.117. The maximum atomic E-state index is 12.2. The first-order chi connectivity index (χ1) is 11.6. The van der Waals surface area contributed by atoms with Crippen LogP contribution in [0.5, 0.6) is 0 Å². The number of amides is 1. The normalized spacial score (nSPS) is 18.7. The van der Waals surface area contributed by atoms with E-state index in [4.69, 9.17) is 0 Å². The quantitative estimate of drug-likeness (QED) is 0.875. The highest BCUT2D eigenvalue weighted by Crippen LogP contribution is 2.21. The molecule has 128 valence electrons. The lowest BCUT2D eigenvalue weighted by atomic mass is 10.1. The molecule has 6 heteroatoms. The van der Waals surface area contributed by atoms with Crippen molar-refractivity contribution in [2.24, 2.45) is 0 Å². The Morgan fingerprint density at radius 3 is 2.92 bits per heavy atom. The molecule has 0 saturated carbocycles. The van der Waals surface area contributed by atoms with Crippen LogP contribution < -0.4 is 5.32 Å². The minimum absolute atomic E-state index is 0.00739. The maximum Gasteiger partial charge on any atom is 0.239 e. The van der Waals surface area contributed by atoms with Gasteiger partial charge in [-0.1, -0.05) is 30.3 Å². The SMILES string of the molecule is CC(c1ccccc1)n1ccc(NC(=O)CN(C)C2CCSC2)n1. The number of likely N-dealkylation sites (N-methyl/N-ethyl adjacent to an activating group) is 1. The second-order valence-electron chi connectivity index (χ2n) is 6.25. The van der Waals surface area contributed by atoms with Gasteiger partial charge in [-0.25, -0.2) is 0 Å². The molecule has 1 saturated heterocycles. The van der Waals surface area contributed by atoms with E-state index in [2.05, 4.69) is 34.4 Å². The van der Waals surface area contributed by atoms with Gasteiger partial charge in [0, 0.05) is 24.1 Å². The van der Waals surface area contributed by atoms with Crippen LogP contribution in [0.25, 0.3) is 0 Å². The van der Waals surface area contributed by atoms with Crippen LogP contribution in [0.1, 0.15) is 24.9 Å². The van der Waals surface area contributed by atoms with Crippen LogP contribution in [0, 0.1) is 0 Å². The van der Waals surface area contributed by atoms with Crippen molar-refractivity contribution < 1.29 is 4.79 Å². The smallest absolute Gasteiger partial charge is 0.239 e. The number of hydrogen-bond donors (Lipinski definition) is 1. The van der Waals surface area contributed by atoms with Crippen LogP contribution in [-0.2, 0) is 4.79 Å². The van der Waals surface area contributed by atoms with Gasteiger partial charge >= 0.3 is 0 Å². The van der Waals surface area contributed by atoms with Crippen LogP contribution in [-0.4, -0.2) is 51.7 Å². The maximum absolute atomic E-state index is 12.2. The fourth-order valence-electron chi connectivity index (χ4n) is 2.91. The summed E-state index contributed by atoms with van der Waals surface area (Å²) in [5, 5.41) is 7.40. The molecule has 24 heavy (non-hydrogen) atoms. The molecule has 2 aromatic rings. The van der Waals surface area contributed by atoms with Gasteiger partial charge in [0.1, 0.15) is 0 Å². The molecule has 1 aliphatic heterocycles. The zero-order chi connectivity index (χ0) is 16.9. The van der Waals surface area contributed by atoms with Gasteiger partial charge in [0.25, 0.3) is 0 Å². The molecule has 1 aromatic carbocycles. The standard InChI is InChI=1S/C18H24N4OS/c1-14(15-6-4-3-5-7-15)22-10-8-17(20-22)19-18(23)12-21(2)16-9-11-24-13-16/h3-8,10,14,16H,9,11-13H2,1-2H3,(H,19,20,23). The fourth-order valence-corrected chi connectivity index (χ4v) is 4.21. The number of hydrogen-bond acceptors (Lipinski definition) is 4. The molecule has 0 aliphatic carbocycles. The predicted molar refractivity (Wildman–Crippen MR) is 99.5 cm³/mol. The minimum atomic E-state index is -0.00739. The summed E-state index contributed by atoms with van der Waals surface area (Å²) in [6.45, 7) is 2.51. The number of benzene rings is 1. The Kier molecular flexibility index (Phi) is 5.58. The highest BCUT2D eigenvalue weighted by molar-refractivity contribution is 7.99. The van der Waals surface area contributed by atoms with Crippen molar-refractivity contribution in [3.8, 4) is 0 Å². The number of thioether (sulfide) groups is 1. The van der Waals surface area contributed by atoms with Gasteiger partial charge in [0.15, 0.2) is 5.82 Å². The second kappa shape index (κ2) is 7.85. The summed E-state index contributed by atoms with van der Waals surface area (Å²) >= 11 is 1.96. The van der Waals surface area contributed by atoms with Gasteiger partial charge in [-0.3, -0.25) is 14.4 Å². The summed E-state index contributed by atoms with van der Waals surface area (Å²) in [6.07, 6.45) is 3.07. The van der Waals surface area contributed by atoms with E-state index in [1.54, 1.807) is 0 Å².